The molecule has 4 rings (SSSR count). The summed E-state index contributed by atoms with van der Waals surface area (Å²) in [7, 11) is 2.23. The fourth-order valence-electron chi connectivity index (χ4n) is 4.29. The highest BCUT2D eigenvalue weighted by Gasteiger charge is 2.23. The Morgan fingerprint density at radius 1 is 1.13 bits per heavy atom. The van der Waals surface area contributed by atoms with Crippen LogP contribution in [0.4, 0.5) is 0 Å². The average Bonchev–Trinajstić information content (AvgIpc) is 3.11. The molecule has 0 aliphatic carbocycles. The van der Waals surface area contributed by atoms with Crippen LogP contribution in [0.2, 0.25) is 0 Å². The predicted molar refractivity (Wildman–Crippen MR) is 128 cm³/mol. The summed E-state index contributed by atoms with van der Waals surface area (Å²) in [6, 6.07) is 15.5. The van der Waals surface area contributed by atoms with Crippen molar-refractivity contribution in [2.45, 2.75) is 12.6 Å². The van der Waals surface area contributed by atoms with Gasteiger partial charge in [0, 0.05) is 32.7 Å². The highest BCUT2D eigenvalue weighted by Crippen LogP contribution is 2.23. The number of aliphatic hydroxyl groups excluding tert-OH is 1. The van der Waals surface area contributed by atoms with Crippen LogP contribution in [0.15, 0.2) is 65.3 Å². The number of allylic oxidation sites excluding steroid dienone is 1. The van der Waals surface area contributed by atoms with Crippen molar-refractivity contribution in [1.29, 1.82) is 0 Å². The van der Waals surface area contributed by atoms with E-state index in [1.165, 1.54) is 4.90 Å². The van der Waals surface area contributed by atoms with Crippen LogP contribution in [0.25, 0.3) is 17.0 Å². The molecule has 6 heteroatoms. The summed E-state index contributed by atoms with van der Waals surface area (Å²) in [5.41, 5.74) is 2.73. The van der Waals surface area contributed by atoms with Gasteiger partial charge in [-0.15, -0.1) is 0 Å². The fraction of sp³-hybridized carbons (Fsp3) is 0.320. The van der Waals surface area contributed by atoms with E-state index in [0.717, 1.165) is 53.7 Å². The van der Waals surface area contributed by atoms with Gasteiger partial charge < -0.3 is 19.5 Å². The van der Waals surface area contributed by atoms with Crippen molar-refractivity contribution in [3.63, 3.8) is 0 Å². The second-order valence-corrected chi connectivity index (χ2v) is 9.44. The van der Waals surface area contributed by atoms with Crippen LogP contribution in [0.5, 0.6) is 0 Å². The van der Waals surface area contributed by atoms with E-state index in [4.69, 9.17) is 0 Å². The quantitative estimate of drug-likeness (QED) is 0.347. The number of halogens is 1. The van der Waals surface area contributed by atoms with Crippen LogP contribution in [0.3, 0.4) is 0 Å². The SMILES string of the molecule is C[NH+]1CC[NH+](C[C@@H](O)Cn2cc(/C=C/C(=O)c3ccc(Br)cc3)c3ccccc32)CC1. The Hall–Kier alpha value is -2.25. The molecule has 1 aliphatic rings. The Bertz CT molecular complexity index is 1070. The standard InChI is InChI=1S/C25H28BrN3O2/c1-27-12-14-28(15-13-27)17-22(30)18-29-16-20(23-4-2-3-5-24(23)29)8-11-25(31)19-6-9-21(26)10-7-19/h2-11,16,22,30H,12-15,17-18H2,1H3/p+2/b11-8+/t22-/m1/s1. The topological polar surface area (TPSA) is 51.1 Å². The summed E-state index contributed by atoms with van der Waals surface area (Å²) in [5, 5.41) is 11.8. The predicted octanol–water partition coefficient (Wildman–Crippen LogP) is 1.07. The van der Waals surface area contributed by atoms with Crippen LogP contribution in [-0.2, 0) is 6.54 Å². The van der Waals surface area contributed by atoms with E-state index in [1.54, 1.807) is 11.0 Å². The van der Waals surface area contributed by atoms with Crippen LogP contribution in [0, 0.1) is 0 Å². The third-order valence-electron chi connectivity index (χ3n) is 6.10. The Morgan fingerprint density at radius 2 is 1.84 bits per heavy atom. The number of nitrogens with one attached hydrogen (secondary N) is 2. The number of carbonyl (C=O) groups is 1. The first kappa shape index (κ1) is 22.0. The molecule has 0 radical (unpaired) electrons. The second-order valence-electron chi connectivity index (χ2n) is 8.52. The summed E-state index contributed by atoms with van der Waals surface area (Å²) >= 11 is 3.40. The van der Waals surface area contributed by atoms with Crippen molar-refractivity contribution < 1.29 is 19.7 Å². The minimum absolute atomic E-state index is 0.0230. The van der Waals surface area contributed by atoms with Gasteiger partial charge in [-0.3, -0.25) is 4.79 Å². The van der Waals surface area contributed by atoms with E-state index in [0.29, 0.717) is 12.1 Å². The third-order valence-corrected chi connectivity index (χ3v) is 6.63. The normalized spacial score (nSPS) is 20.4. The maximum absolute atomic E-state index is 12.5. The first-order valence-corrected chi connectivity index (χ1v) is 11.7. The average molecular weight is 484 g/mol. The van der Waals surface area contributed by atoms with Crippen molar-refractivity contribution in [3.05, 3.63) is 76.4 Å². The van der Waals surface area contributed by atoms with Crippen LogP contribution >= 0.6 is 15.9 Å². The first-order valence-electron chi connectivity index (χ1n) is 10.9. The maximum atomic E-state index is 12.5. The number of aromatic nitrogens is 1. The fourth-order valence-corrected chi connectivity index (χ4v) is 4.56. The van der Waals surface area contributed by atoms with Gasteiger partial charge in [0.2, 0.25) is 0 Å². The minimum atomic E-state index is -0.398. The van der Waals surface area contributed by atoms with Gasteiger partial charge in [-0.25, -0.2) is 0 Å². The van der Waals surface area contributed by atoms with E-state index < -0.39 is 6.10 Å². The number of ketones is 1. The van der Waals surface area contributed by atoms with Gasteiger partial charge in [0.05, 0.1) is 13.6 Å². The third kappa shape index (κ3) is 5.52. The van der Waals surface area contributed by atoms with Gasteiger partial charge in [-0.2, -0.15) is 0 Å². The maximum Gasteiger partial charge on any atom is 0.185 e. The highest BCUT2D eigenvalue weighted by atomic mass is 79.9. The highest BCUT2D eigenvalue weighted by molar-refractivity contribution is 9.10. The van der Waals surface area contributed by atoms with Crippen LogP contribution < -0.4 is 9.80 Å². The van der Waals surface area contributed by atoms with Crippen molar-refractivity contribution >= 4 is 38.7 Å². The largest absolute Gasteiger partial charge is 0.385 e. The molecule has 0 saturated carbocycles. The summed E-state index contributed by atoms with van der Waals surface area (Å²) < 4.78 is 3.07. The lowest BCUT2D eigenvalue weighted by atomic mass is 10.1. The number of carbonyl (C=O) groups excluding carboxylic acids is 1. The molecule has 0 spiro atoms. The molecule has 0 bridgehead atoms. The molecule has 0 amide bonds. The van der Waals surface area contributed by atoms with E-state index in [9.17, 15) is 9.90 Å². The zero-order valence-corrected chi connectivity index (χ0v) is 19.4. The molecular formula is C25H30BrN3O2+2. The summed E-state index contributed by atoms with van der Waals surface area (Å²) in [6.07, 6.45) is 5.15. The molecule has 3 aromatic rings. The molecule has 1 aromatic heterocycles. The van der Waals surface area contributed by atoms with Crippen LogP contribution in [-0.4, -0.2) is 61.3 Å². The number of rotatable bonds is 7. The van der Waals surface area contributed by atoms with Crippen molar-refractivity contribution in [1.82, 2.24) is 4.57 Å². The summed E-state index contributed by atoms with van der Waals surface area (Å²) in [4.78, 5) is 15.6. The number of aliphatic hydroxyl groups is 1. The van der Waals surface area contributed by atoms with E-state index >= 15 is 0 Å². The minimum Gasteiger partial charge on any atom is -0.385 e. The van der Waals surface area contributed by atoms with E-state index in [-0.39, 0.29) is 5.78 Å². The molecule has 1 fully saturated rings. The lowest BCUT2D eigenvalue weighted by Gasteiger charge is -2.28. The lowest BCUT2D eigenvalue weighted by molar-refractivity contribution is -1.00. The number of fused-ring (bicyclic) bond motifs is 1. The first-order chi connectivity index (χ1) is 15.0. The molecule has 1 saturated heterocycles. The zero-order valence-electron chi connectivity index (χ0n) is 17.9. The number of likely N-dealkylation sites (N-methyl/N-ethyl adjacent to an activating group) is 1. The van der Waals surface area contributed by atoms with Crippen molar-refractivity contribution in [2.24, 2.45) is 0 Å². The van der Waals surface area contributed by atoms with Gasteiger partial charge in [0.15, 0.2) is 5.78 Å². The molecular weight excluding hydrogens is 454 g/mol. The monoisotopic (exact) mass is 483 g/mol. The number of hydrogen-bond acceptors (Lipinski definition) is 2. The van der Waals surface area contributed by atoms with E-state index in [1.807, 2.05) is 48.7 Å². The number of hydrogen-bond donors (Lipinski definition) is 3. The lowest BCUT2D eigenvalue weighted by Crippen LogP contribution is -3.27. The van der Waals surface area contributed by atoms with Gasteiger partial charge >= 0.3 is 0 Å². The number of benzene rings is 2. The van der Waals surface area contributed by atoms with Crippen molar-refractivity contribution in [2.75, 3.05) is 39.8 Å². The molecule has 2 aromatic carbocycles. The smallest absolute Gasteiger partial charge is 0.185 e. The Kier molecular flexibility index (Phi) is 7.02. The molecule has 31 heavy (non-hydrogen) atoms. The molecule has 2 heterocycles. The number of quaternary nitrogens is 2. The molecule has 1 atom stereocenters. The molecule has 0 unspecified atom stereocenters. The number of para-hydroxylation sites is 1. The van der Waals surface area contributed by atoms with Gasteiger partial charge in [0.1, 0.15) is 38.8 Å². The van der Waals surface area contributed by atoms with Crippen LogP contribution in [0.1, 0.15) is 15.9 Å². The van der Waals surface area contributed by atoms with Gasteiger partial charge in [-0.05, 0) is 42.5 Å². The Morgan fingerprint density at radius 3 is 2.58 bits per heavy atom. The van der Waals surface area contributed by atoms with Gasteiger partial charge in [0.25, 0.3) is 0 Å². The Labute approximate surface area is 191 Å². The number of piperazine rings is 1. The van der Waals surface area contributed by atoms with Gasteiger partial charge in [-0.1, -0.05) is 34.1 Å². The zero-order chi connectivity index (χ0) is 21.8. The van der Waals surface area contributed by atoms with Crippen molar-refractivity contribution in [3.8, 4) is 0 Å². The molecule has 5 nitrogen and oxygen atoms in total. The van der Waals surface area contributed by atoms with E-state index in [2.05, 4.69) is 39.7 Å². The Balaban J connectivity index is 1.49. The second kappa shape index (κ2) is 9.92. The summed E-state index contributed by atoms with van der Waals surface area (Å²) in [5.74, 6) is -0.0230. The molecule has 3 N–H and O–H groups in total. The number of nitrogens with zero attached hydrogens (tertiary/aromatic N) is 1. The molecule has 162 valence electrons. The summed E-state index contributed by atoms with van der Waals surface area (Å²) in [6.45, 7) is 5.88. The molecule has 1 aliphatic heterocycles.